The minimum absolute atomic E-state index is 0.833. The fourth-order valence-corrected chi connectivity index (χ4v) is 3.27. The summed E-state index contributed by atoms with van der Waals surface area (Å²) in [6.07, 6.45) is 8.44. The van der Waals surface area contributed by atoms with Crippen LogP contribution in [0.3, 0.4) is 0 Å². The highest BCUT2D eigenvalue weighted by atomic mass is 16.5. The van der Waals surface area contributed by atoms with Gasteiger partial charge in [-0.05, 0) is 84.7 Å². The predicted octanol–water partition coefficient (Wildman–Crippen LogP) is 5.11. The van der Waals surface area contributed by atoms with Crippen LogP contribution in [-0.2, 0) is 7.05 Å². The van der Waals surface area contributed by atoms with Gasteiger partial charge in [0.1, 0.15) is 24.3 Å². The number of allylic oxidation sites excluding steroid dienone is 2. The molecule has 1 aliphatic heterocycles. The van der Waals surface area contributed by atoms with Gasteiger partial charge < -0.3 is 9.47 Å². The summed E-state index contributed by atoms with van der Waals surface area (Å²) in [7, 11) is 3.70. The van der Waals surface area contributed by atoms with Crippen molar-refractivity contribution in [3.63, 3.8) is 0 Å². The van der Waals surface area contributed by atoms with Crippen LogP contribution in [0.25, 0.3) is 17.4 Å². The van der Waals surface area contributed by atoms with Gasteiger partial charge in [0.25, 0.3) is 0 Å². The summed E-state index contributed by atoms with van der Waals surface area (Å²) in [5.41, 5.74) is 6.92. The van der Waals surface area contributed by atoms with E-state index < -0.39 is 0 Å². The van der Waals surface area contributed by atoms with Gasteiger partial charge in [0.15, 0.2) is 12.4 Å². The molecule has 3 heteroatoms. The molecular weight excluding hydrogens is 346 g/mol. The Kier molecular flexibility index (Phi) is 4.74. The predicted molar refractivity (Wildman–Crippen MR) is 113 cm³/mol. The Morgan fingerprint density at radius 3 is 2.29 bits per heavy atom. The Hall–Kier alpha value is -3.33. The zero-order chi connectivity index (χ0) is 19.7. The SMILES string of the molecule is COc1ccc(C2=CC(=Cc3cc[n+](C)cc3)c3cc(C)c(C)cc3O2)cc1. The second-order valence-corrected chi connectivity index (χ2v) is 7.17. The van der Waals surface area contributed by atoms with Crippen molar-refractivity contribution >= 4 is 17.4 Å². The molecule has 0 amide bonds. The highest BCUT2D eigenvalue weighted by molar-refractivity contribution is 5.96. The van der Waals surface area contributed by atoms with Gasteiger partial charge in [-0.15, -0.1) is 0 Å². The van der Waals surface area contributed by atoms with Gasteiger partial charge in [-0.1, -0.05) is 0 Å². The Morgan fingerprint density at radius 2 is 1.61 bits per heavy atom. The monoisotopic (exact) mass is 370 g/mol. The third-order valence-electron chi connectivity index (χ3n) is 5.11. The molecule has 0 saturated heterocycles. The standard InChI is InChI=1S/C25H24NO2/c1-17-13-23-21(15-19-9-11-26(3)12-10-19)16-24(28-25(23)14-18(17)2)20-5-7-22(27-4)8-6-20/h5-16H,1-4H3/q+1. The fraction of sp³-hybridized carbons (Fsp3) is 0.160. The summed E-state index contributed by atoms with van der Waals surface area (Å²) in [4.78, 5) is 0. The Morgan fingerprint density at radius 1 is 0.929 bits per heavy atom. The summed E-state index contributed by atoms with van der Waals surface area (Å²) in [5, 5.41) is 0. The van der Waals surface area contributed by atoms with Crippen molar-refractivity contribution in [3.05, 3.63) is 94.8 Å². The smallest absolute Gasteiger partial charge is 0.169 e. The third kappa shape index (κ3) is 3.56. The van der Waals surface area contributed by atoms with Crippen LogP contribution < -0.4 is 14.0 Å². The molecule has 0 atom stereocenters. The van der Waals surface area contributed by atoms with Gasteiger partial charge in [0.05, 0.1) is 7.11 Å². The number of pyridine rings is 1. The van der Waals surface area contributed by atoms with Crippen molar-refractivity contribution in [1.29, 1.82) is 0 Å². The zero-order valence-corrected chi connectivity index (χ0v) is 16.7. The van der Waals surface area contributed by atoms with Crippen LogP contribution in [-0.4, -0.2) is 7.11 Å². The zero-order valence-electron chi connectivity index (χ0n) is 16.7. The van der Waals surface area contributed by atoms with Crippen molar-refractivity contribution in [2.24, 2.45) is 7.05 Å². The molecule has 0 unspecified atom stereocenters. The highest BCUT2D eigenvalue weighted by Crippen LogP contribution is 2.39. The molecule has 0 radical (unpaired) electrons. The van der Waals surface area contributed by atoms with E-state index in [9.17, 15) is 0 Å². The summed E-state index contributed by atoms with van der Waals surface area (Å²) in [6.45, 7) is 4.25. The van der Waals surface area contributed by atoms with E-state index in [0.717, 1.165) is 39.5 Å². The maximum absolute atomic E-state index is 6.29. The van der Waals surface area contributed by atoms with E-state index in [2.05, 4.69) is 62.7 Å². The maximum Gasteiger partial charge on any atom is 0.169 e. The van der Waals surface area contributed by atoms with Crippen LogP contribution in [0.4, 0.5) is 0 Å². The van der Waals surface area contributed by atoms with Gasteiger partial charge in [0.2, 0.25) is 0 Å². The number of methoxy groups -OCH3 is 1. The molecule has 1 aliphatic rings. The lowest BCUT2D eigenvalue weighted by molar-refractivity contribution is -0.671. The molecule has 0 aliphatic carbocycles. The number of aromatic nitrogens is 1. The molecule has 0 bridgehead atoms. The van der Waals surface area contributed by atoms with E-state index >= 15 is 0 Å². The van der Waals surface area contributed by atoms with Gasteiger partial charge in [-0.3, -0.25) is 0 Å². The largest absolute Gasteiger partial charge is 0.497 e. The quantitative estimate of drug-likeness (QED) is 0.598. The van der Waals surface area contributed by atoms with Gasteiger partial charge in [-0.25, -0.2) is 4.57 Å². The van der Waals surface area contributed by atoms with Crippen LogP contribution in [0, 0.1) is 13.8 Å². The molecule has 2 aromatic carbocycles. The number of hydrogen-bond donors (Lipinski definition) is 0. The lowest BCUT2D eigenvalue weighted by Crippen LogP contribution is -2.25. The highest BCUT2D eigenvalue weighted by Gasteiger charge is 2.19. The van der Waals surface area contributed by atoms with Crippen molar-refractivity contribution in [1.82, 2.24) is 0 Å². The summed E-state index contributed by atoms with van der Waals surface area (Å²) in [5.74, 6) is 2.57. The van der Waals surface area contributed by atoms with Gasteiger partial charge in [0, 0.05) is 23.3 Å². The maximum atomic E-state index is 6.29. The van der Waals surface area contributed by atoms with E-state index in [0.29, 0.717) is 0 Å². The molecule has 28 heavy (non-hydrogen) atoms. The summed E-state index contributed by atoms with van der Waals surface area (Å²) < 4.78 is 13.6. The van der Waals surface area contributed by atoms with Gasteiger partial charge >= 0.3 is 0 Å². The second kappa shape index (κ2) is 7.35. The molecule has 4 rings (SSSR count). The Balaban J connectivity index is 1.83. The fourth-order valence-electron chi connectivity index (χ4n) is 3.27. The van der Waals surface area contributed by atoms with E-state index in [1.54, 1.807) is 7.11 Å². The van der Waals surface area contributed by atoms with Crippen LogP contribution in [0.5, 0.6) is 11.5 Å². The minimum Gasteiger partial charge on any atom is -0.497 e. The molecule has 3 aromatic rings. The van der Waals surface area contributed by atoms with Crippen LogP contribution in [0.15, 0.2) is 67.0 Å². The van der Waals surface area contributed by atoms with Gasteiger partial charge in [-0.2, -0.15) is 0 Å². The Labute approximate surface area is 166 Å². The molecule has 140 valence electrons. The number of rotatable bonds is 3. The molecular formula is C25H24NO2+. The number of fused-ring (bicyclic) bond motifs is 1. The lowest BCUT2D eigenvalue weighted by Gasteiger charge is -2.22. The first-order valence-corrected chi connectivity index (χ1v) is 9.36. The summed E-state index contributed by atoms with van der Waals surface area (Å²) in [6, 6.07) is 16.5. The number of nitrogens with zero attached hydrogens (tertiary/aromatic N) is 1. The lowest BCUT2D eigenvalue weighted by atomic mass is 9.94. The average molecular weight is 370 g/mol. The first-order chi connectivity index (χ1) is 13.5. The third-order valence-corrected chi connectivity index (χ3v) is 5.11. The number of hydrogen-bond acceptors (Lipinski definition) is 2. The van der Waals surface area contributed by atoms with E-state index in [-0.39, 0.29) is 0 Å². The minimum atomic E-state index is 0.833. The molecule has 2 heterocycles. The van der Waals surface area contributed by atoms with E-state index in [1.807, 2.05) is 35.9 Å². The number of benzene rings is 2. The van der Waals surface area contributed by atoms with Crippen molar-refractivity contribution in [2.75, 3.05) is 7.11 Å². The average Bonchev–Trinajstić information content (AvgIpc) is 2.71. The Bertz CT molecular complexity index is 1070. The number of ether oxygens (including phenoxy) is 2. The molecule has 0 fully saturated rings. The van der Waals surface area contributed by atoms with Crippen molar-refractivity contribution in [3.8, 4) is 11.5 Å². The van der Waals surface area contributed by atoms with Crippen molar-refractivity contribution < 1.29 is 14.0 Å². The van der Waals surface area contributed by atoms with Crippen LogP contribution >= 0.6 is 0 Å². The molecule has 0 saturated carbocycles. The van der Waals surface area contributed by atoms with Crippen LogP contribution in [0.2, 0.25) is 0 Å². The van der Waals surface area contributed by atoms with E-state index in [1.165, 1.54) is 11.1 Å². The topological polar surface area (TPSA) is 22.3 Å². The summed E-state index contributed by atoms with van der Waals surface area (Å²) >= 11 is 0. The van der Waals surface area contributed by atoms with Crippen LogP contribution in [0.1, 0.15) is 27.8 Å². The van der Waals surface area contributed by atoms with E-state index in [4.69, 9.17) is 9.47 Å². The first-order valence-electron chi connectivity index (χ1n) is 9.36. The molecule has 0 spiro atoms. The molecule has 0 N–H and O–H groups in total. The number of aryl methyl sites for hydroxylation is 3. The first kappa shape index (κ1) is 18.1. The second-order valence-electron chi connectivity index (χ2n) is 7.17. The van der Waals surface area contributed by atoms with Crippen molar-refractivity contribution in [2.45, 2.75) is 13.8 Å². The normalized spacial score (nSPS) is 14.3. The molecule has 1 aromatic heterocycles. The molecule has 3 nitrogen and oxygen atoms in total.